The van der Waals surface area contributed by atoms with Crippen LogP contribution in [0.5, 0.6) is 0 Å². The van der Waals surface area contributed by atoms with E-state index in [2.05, 4.69) is 35.6 Å². The van der Waals surface area contributed by atoms with Crippen LogP contribution in [0.3, 0.4) is 0 Å². The number of carbonyl (C=O) groups is 1. The number of aromatic nitrogens is 4. The minimum Gasteiger partial charge on any atom is -0.368 e. The van der Waals surface area contributed by atoms with Gasteiger partial charge in [0, 0.05) is 27.1 Å². The van der Waals surface area contributed by atoms with Gasteiger partial charge in [0.2, 0.25) is 18.0 Å². The molecule has 0 unspecified atom stereocenters. The smallest absolute Gasteiger partial charge is 0.326 e. The summed E-state index contributed by atoms with van der Waals surface area (Å²) in [6, 6.07) is 16.3. The average molecular weight is 594 g/mol. The Balaban J connectivity index is 0.000000224. The van der Waals surface area contributed by atoms with Gasteiger partial charge in [-0.3, -0.25) is 5.32 Å². The second-order valence-corrected chi connectivity index (χ2v) is 8.77. The molecule has 0 aliphatic heterocycles. The van der Waals surface area contributed by atoms with Crippen molar-refractivity contribution in [3.63, 3.8) is 0 Å². The first-order valence-corrected chi connectivity index (χ1v) is 12.0. The molecular formula is C24H20Cl4N8O2. The van der Waals surface area contributed by atoms with Gasteiger partial charge in [-0.25, -0.2) is 29.5 Å². The van der Waals surface area contributed by atoms with Gasteiger partial charge in [-0.05, 0) is 62.4 Å². The zero-order valence-electron chi connectivity index (χ0n) is 19.9. The Morgan fingerprint density at radius 2 is 1.42 bits per heavy atom. The number of rotatable bonds is 3. The van der Waals surface area contributed by atoms with Crippen molar-refractivity contribution in [2.75, 3.05) is 16.4 Å². The zero-order valence-corrected chi connectivity index (χ0v) is 22.9. The lowest BCUT2D eigenvalue weighted by Crippen LogP contribution is -2.21. The third-order valence-corrected chi connectivity index (χ3v) is 4.81. The Bertz CT molecular complexity index is 1380. The number of benzene rings is 2. The Morgan fingerprint density at radius 3 is 1.97 bits per heavy atom. The molecule has 4 rings (SSSR count). The van der Waals surface area contributed by atoms with Crippen molar-refractivity contribution in [1.82, 2.24) is 19.9 Å². The van der Waals surface area contributed by atoms with Crippen LogP contribution >= 0.6 is 46.4 Å². The highest BCUT2D eigenvalue weighted by molar-refractivity contribution is 6.31. The molecule has 0 aliphatic carbocycles. The van der Waals surface area contributed by atoms with Crippen LogP contribution in [0.15, 0.2) is 65.7 Å². The number of isocyanates is 1. The van der Waals surface area contributed by atoms with E-state index in [0.29, 0.717) is 32.3 Å². The van der Waals surface area contributed by atoms with E-state index >= 15 is 0 Å². The molecule has 10 nitrogen and oxygen atoms in total. The molecule has 0 radical (unpaired) electrons. The fourth-order valence-corrected chi connectivity index (χ4v) is 3.42. The fourth-order valence-electron chi connectivity index (χ4n) is 2.57. The maximum atomic E-state index is 11.7. The highest BCUT2D eigenvalue weighted by atomic mass is 35.5. The number of urea groups is 1. The third-order valence-electron chi connectivity index (χ3n) is 3.95. The van der Waals surface area contributed by atoms with Gasteiger partial charge in [-0.15, -0.1) is 0 Å². The summed E-state index contributed by atoms with van der Waals surface area (Å²) in [6.45, 7) is 3.57. The molecule has 0 saturated carbocycles. The number of aliphatic imine (C=N–C) groups is 1. The normalized spacial score (nSPS) is 9.53. The molecule has 2 amide bonds. The van der Waals surface area contributed by atoms with Crippen molar-refractivity contribution in [3.05, 3.63) is 92.4 Å². The number of anilines is 3. The van der Waals surface area contributed by atoms with Gasteiger partial charge in [0.15, 0.2) is 0 Å². The molecule has 4 N–H and O–H groups in total. The third kappa shape index (κ3) is 12.0. The Labute approximate surface area is 238 Å². The van der Waals surface area contributed by atoms with E-state index < -0.39 is 6.03 Å². The molecule has 0 fully saturated rings. The largest absolute Gasteiger partial charge is 0.368 e. The van der Waals surface area contributed by atoms with Gasteiger partial charge in [0.1, 0.15) is 10.3 Å². The molecule has 0 spiro atoms. The predicted molar refractivity (Wildman–Crippen MR) is 151 cm³/mol. The lowest BCUT2D eigenvalue weighted by atomic mass is 10.3. The second kappa shape index (κ2) is 15.5. The number of halogens is 4. The van der Waals surface area contributed by atoms with E-state index in [0.717, 1.165) is 5.69 Å². The molecule has 14 heteroatoms. The maximum absolute atomic E-state index is 11.7. The van der Waals surface area contributed by atoms with Crippen molar-refractivity contribution < 1.29 is 9.59 Å². The summed E-state index contributed by atoms with van der Waals surface area (Å²) in [5.41, 5.74) is 7.81. The van der Waals surface area contributed by atoms with Crippen LogP contribution in [-0.4, -0.2) is 32.0 Å². The highest BCUT2D eigenvalue weighted by Gasteiger charge is 2.06. The van der Waals surface area contributed by atoms with Crippen molar-refractivity contribution in [1.29, 1.82) is 0 Å². The topological polar surface area (TPSA) is 148 Å². The Kier molecular flexibility index (Phi) is 12.4. The van der Waals surface area contributed by atoms with Crippen LogP contribution in [-0.2, 0) is 4.79 Å². The standard InChI is InChI=1S/C12H10Cl2N4O.C7H4ClNO.C5H6ClN3/c1-7-5-10(14)17-11(15-7)18-12(19)16-9-4-2-3-8(13)6-9;8-6-2-1-3-7(4-6)9-5-10;1-3-2-4(6)9-5(7)8-3/h2-6H,1H3,(H2,15,16,17,18,19);1-4H;2H,1H3,(H2,7,8,9). The summed E-state index contributed by atoms with van der Waals surface area (Å²) < 4.78 is 0. The van der Waals surface area contributed by atoms with Crippen LogP contribution in [0.4, 0.5) is 28.1 Å². The predicted octanol–water partition coefficient (Wildman–Crippen LogP) is 7.06. The number of nitrogens with one attached hydrogen (secondary N) is 2. The first-order valence-electron chi connectivity index (χ1n) is 10.5. The molecule has 2 heterocycles. The summed E-state index contributed by atoms with van der Waals surface area (Å²) in [5, 5.41) is 6.86. The van der Waals surface area contributed by atoms with Crippen molar-refractivity contribution in [3.8, 4) is 0 Å². The number of nitrogens with two attached hydrogens (primary N) is 1. The monoisotopic (exact) mass is 592 g/mol. The van der Waals surface area contributed by atoms with Crippen molar-refractivity contribution in [2.45, 2.75) is 13.8 Å². The second-order valence-electron chi connectivity index (χ2n) is 7.12. The van der Waals surface area contributed by atoms with Gasteiger partial charge < -0.3 is 11.1 Å². The zero-order chi connectivity index (χ0) is 28.1. The minimum atomic E-state index is -0.469. The van der Waals surface area contributed by atoms with Gasteiger partial charge in [-0.2, -0.15) is 4.99 Å². The molecule has 196 valence electrons. The Morgan fingerprint density at radius 1 is 0.816 bits per heavy atom. The number of hydrogen-bond donors (Lipinski definition) is 3. The van der Waals surface area contributed by atoms with Gasteiger partial charge in [0.05, 0.1) is 5.69 Å². The number of aryl methyl sites for hydroxylation is 2. The number of amides is 2. The Hall–Kier alpha value is -3.79. The van der Waals surface area contributed by atoms with E-state index in [9.17, 15) is 9.59 Å². The van der Waals surface area contributed by atoms with Crippen LogP contribution in [0.25, 0.3) is 0 Å². The summed E-state index contributed by atoms with van der Waals surface area (Å²) in [6.07, 6.45) is 1.43. The summed E-state index contributed by atoms with van der Waals surface area (Å²) in [7, 11) is 0. The molecule has 4 aromatic rings. The lowest BCUT2D eigenvalue weighted by molar-refractivity contribution is 0.262. The minimum absolute atomic E-state index is 0.143. The number of nitrogen functional groups attached to an aromatic ring is 1. The average Bonchev–Trinajstić information content (AvgIpc) is 2.78. The molecule has 38 heavy (non-hydrogen) atoms. The first kappa shape index (κ1) is 30.4. The lowest BCUT2D eigenvalue weighted by Gasteiger charge is -2.07. The molecule has 0 saturated heterocycles. The van der Waals surface area contributed by atoms with E-state index in [1.807, 2.05) is 6.92 Å². The van der Waals surface area contributed by atoms with E-state index in [1.54, 1.807) is 67.6 Å². The quantitative estimate of drug-likeness (QED) is 0.131. The van der Waals surface area contributed by atoms with Gasteiger partial charge in [-0.1, -0.05) is 58.5 Å². The first-order chi connectivity index (χ1) is 18.0. The summed E-state index contributed by atoms with van der Waals surface area (Å²) in [5.74, 6) is 0.365. The SMILES string of the molecule is Cc1cc(Cl)nc(N)n1.Cc1cc(Cl)nc(NC(=O)Nc2cccc(Cl)c2)n1.O=C=Nc1cccc(Cl)c1. The van der Waals surface area contributed by atoms with Crippen molar-refractivity contribution >= 4 is 81.8 Å². The summed E-state index contributed by atoms with van der Waals surface area (Å²) >= 11 is 22.7. The maximum Gasteiger partial charge on any atom is 0.326 e. The van der Waals surface area contributed by atoms with Crippen LogP contribution in [0, 0.1) is 13.8 Å². The molecular weight excluding hydrogens is 574 g/mol. The van der Waals surface area contributed by atoms with Crippen LogP contribution < -0.4 is 16.4 Å². The molecule has 0 bridgehead atoms. The molecule has 0 atom stereocenters. The van der Waals surface area contributed by atoms with Gasteiger partial charge >= 0.3 is 6.03 Å². The molecule has 2 aromatic carbocycles. The number of nitrogens with zero attached hydrogens (tertiary/aromatic N) is 5. The number of carbonyl (C=O) groups excluding carboxylic acids is 2. The summed E-state index contributed by atoms with van der Waals surface area (Å²) in [4.78, 5) is 40.3. The van der Waals surface area contributed by atoms with Crippen LogP contribution in [0.2, 0.25) is 20.4 Å². The van der Waals surface area contributed by atoms with Crippen LogP contribution in [0.1, 0.15) is 11.4 Å². The highest BCUT2D eigenvalue weighted by Crippen LogP contribution is 2.17. The van der Waals surface area contributed by atoms with E-state index in [1.165, 1.54) is 6.08 Å². The van der Waals surface area contributed by atoms with Crippen molar-refractivity contribution in [2.24, 2.45) is 4.99 Å². The van der Waals surface area contributed by atoms with Gasteiger partial charge in [0.25, 0.3) is 0 Å². The fraction of sp³-hybridized carbons (Fsp3) is 0.0833. The van der Waals surface area contributed by atoms with E-state index in [-0.39, 0.29) is 17.0 Å². The number of hydrogen-bond acceptors (Lipinski definition) is 8. The molecule has 0 aliphatic rings. The molecule has 2 aromatic heterocycles. The van der Waals surface area contributed by atoms with E-state index in [4.69, 9.17) is 52.1 Å².